The SMILES string of the molecule is COc1ccc(-c2cccnc2-c2ccccc2)cc1. The summed E-state index contributed by atoms with van der Waals surface area (Å²) in [6, 6.07) is 22.3. The first-order chi connectivity index (χ1) is 9.88. The molecule has 0 aliphatic rings. The van der Waals surface area contributed by atoms with Gasteiger partial charge in [0.1, 0.15) is 5.75 Å². The first kappa shape index (κ1) is 12.4. The average molecular weight is 261 g/mol. The quantitative estimate of drug-likeness (QED) is 0.696. The number of benzene rings is 2. The fourth-order valence-electron chi connectivity index (χ4n) is 2.23. The van der Waals surface area contributed by atoms with E-state index >= 15 is 0 Å². The number of hydrogen-bond acceptors (Lipinski definition) is 2. The Bertz CT molecular complexity index is 690. The molecule has 0 amide bonds. The summed E-state index contributed by atoms with van der Waals surface area (Å²) < 4.78 is 5.20. The molecule has 1 aromatic heterocycles. The largest absolute Gasteiger partial charge is 0.497 e. The van der Waals surface area contributed by atoms with Gasteiger partial charge in [-0.3, -0.25) is 4.98 Å². The normalized spacial score (nSPS) is 10.2. The molecule has 0 atom stereocenters. The molecule has 1 heterocycles. The maximum absolute atomic E-state index is 5.20. The van der Waals surface area contributed by atoms with E-state index in [2.05, 4.69) is 35.3 Å². The molecule has 20 heavy (non-hydrogen) atoms. The Morgan fingerprint density at radius 2 is 1.50 bits per heavy atom. The summed E-state index contributed by atoms with van der Waals surface area (Å²) in [5.41, 5.74) is 4.39. The third kappa shape index (κ3) is 2.41. The van der Waals surface area contributed by atoms with Crippen LogP contribution in [0.3, 0.4) is 0 Å². The standard InChI is InChI=1S/C18H15NO/c1-20-16-11-9-14(10-12-16)17-8-5-13-19-18(17)15-6-3-2-4-7-15/h2-13H,1H3. The Labute approximate surface area is 118 Å². The van der Waals surface area contributed by atoms with Gasteiger partial charge in [0, 0.05) is 17.3 Å². The fraction of sp³-hybridized carbons (Fsp3) is 0.0556. The first-order valence-electron chi connectivity index (χ1n) is 6.53. The van der Waals surface area contributed by atoms with Gasteiger partial charge >= 0.3 is 0 Å². The molecule has 0 radical (unpaired) electrons. The van der Waals surface area contributed by atoms with E-state index in [1.807, 2.05) is 42.6 Å². The number of rotatable bonds is 3. The molecule has 3 rings (SSSR count). The predicted octanol–water partition coefficient (Wildman–Crippen LogP) is 4.42. The van der Waals surface area contributed by atoms with Crippen LogP contribution in [0.5, 0.6) is 5.75 Å². The fourth-order valence-corrected chi connectivity index (χ4v) is 2.23. The summed E-state index contributed by atoms with van der Waals surface area (Å²) >= 11 is 0. The van der Waals surface area contributed by atoms with E-state index in [0.29, 0.717) is 0 Å². The maximum atomic E-state index is 5.20. The van der Waals surface area contributed by atoms with Crippen molar-refractivity contribution in [3.05, 3.63) is 72.9 Å². The van der Waals surface area contributed by atoms with Crippen molar-refractivity contribution in [2.75, 3.05) is 7.11 Å². The van der Waals surface area contributed by atoms with Crippen LogP contribution in [-0.2, 0) is 0 Å². The Morgan fingerprint density at radius 3 is 2.20 bits per heavy atom. The van der Waals surface area contributed by atoms with Crippen LogP contribution in [0, 0.1) is 0 Å². The van der Waals surface area contributed by atoms with Crippen LogP contribution in [0.1, 0.15) is 0 Å². The minimum atomic E-state index is 0.860. The van der Waals surface area contributed by atoms with E-state index in [1.54, 1.807) is 7.11 Å². The molecule has 2 nitrogen and oxygen atoms in total. The van der Waals surface area contributed by atoms with E-state index in [1.165, 1.54) is 0 Å². The third-order valence-electron chi connectivity index (χ3n) is 3.26. The van der Waals surface area contributed by atoms with Gasteiger partial charge in [-0.1, -0.05) is 48.5 Å². The summed E-state index contributed by atoms with van der Waals surface area (Å²) in [4.78, 5) is 4.54. The second-order valence-electron chi connectivity index (χ2n) is 4.49. The summed E-state index contributed by atoms with van der Waals surface area (Å²) in [5, 5.41) is 0. The van der Waals surface area contributed by atoms with Crippen LogP contribution in [-0.4, -0.2) is 12.1 Å². The van der Waals surface area contributed by atoms with Gasteiger partial charge in [0.05, 0.1) is 12.8 Å². The van der Waals surface area contributed by atoms with E-state index < -0.39 is 0 Å². The van der Waals surface area contributed by atoms with Gasteiger partial charge in [-0.25, -0.2) is 0 Å². The lowest BCUT2D eigenvalue weighted by atomic mass is 9.99. The second-order valence-corrected chi connectivity index (χ2v) is 4.49. The Hall–Kier alpha value is -2.61. The van der Waals surface area contributed by atoms with Crippen molar-refractivity contribution in [1.82, 2.24) is 4.98 Å². The third-order valence-corrected chi connectivity index (χ3v) is 3.26. The minimum absolute atomic E-state index is 0.860. The Kier molecular flexibility index (Phi) is 3.46. The lowest BCUT2D eigenvalue weighted by molar-refractivity contribution is 0.415. The highest BCUT2D eigenvalue weighted by Crippen LogP contribution is 2.30. The molecule has 0 N–H and O–H groups in total. The summed E-state index contributed by atoms with van der Waals surface area (Å²) in [7, 11) is 1.68. The molecule has 2 aromatic carbocycles. The molecule has 2 heteroatoms. The zero-order valence-corrected chi connectivity index (χ0v) is 11.3. The molecular formula is C18H15NO. The first-order valence-corrected chi connectivity index (χ1v) is 6.53. The Morgan fingerprint density at radius 1 is 0.750 bits per heavy atom. The molecule has 0 spiro atoms. The van der Waals surface area contributed by atoms with E-state index in [0.717, 1.165) is 28.1 Å². The van der Waals surface area contributed by atoms with Crippen molar-refractivity contribution in [3.63, 3.8) is 0 Å². The molecular weight excluding hydrogens is 246 g/mol. The van der Waals surface area contributed by atoms with Crippen molar-refractivity contribution in [2.45, 2.75) is 0 Å². The van der Waals surface area contributed by atoms with Crippen LogP contribution in [0.2, 0.25) is 0 Å². The van der Waals surface area contributed by atoms with Gasteiger partial charge in [-0.05, 0) is 23.8 Å². The summed E-state index contributed by atoms with van der Waals surface area (Å²) in [5.74, 6) is 0.860. The number of nitrogens with zero attached hydrogens (tertiary/aromatic N) is 1. The van der Waals surface area contributed by atoms with Crippen molar-refractivity contribution in [2.24, 2.45) is 0 Å². The van der Waals surface area contributed by atoms with Gasteiger partial charge in [0.25, 0.3) is 0 Å². The molecule has 0 bridgehead atoms. The Balaban J connectivity index is 2.10. The van der Waals surface area contributed by atoms with Crippen molar-refractivity contribution < 1.29 is 4.74 Å². The highest BCUT2D eigenvalue weighted by molar-refractivity contribution is 5.80. The highest BCUT2D eigenvalue weighted by Gasteiger charge is 2.07. The molecule has 0 aliphatic carbocycles. The lowest BCUT2D eigenvalue weighted by Gasteiger charge is -2.09. The smallest absolute Gasteiger partial charge is 0.118 e. The monoisotopic (exact) mass is 261 g/mol. The van der Waals surface area contributed by atoms with Gasteiger partial charge in [0.15, 0.2) is 0 Å². The molecule has 0 saturated carbocycles. The minimum Gasteiger partial charge on any atom is -0.497 e. The summed E-state index contributed by atoms with van der Waals surface area (Å²) in [6.07, 6.45) is 1.83. The van der Waals surface area contributed by atoms with E-state index in [-0.39, 0.29) is 0 Å². The molecule has 98 valence electrons. The molecule has 3 aromatic rings. The highest BCUT2D eigenvalue weighted by atomic mass is 16.5. The molecule has 0 aliphatic heterocycles. The second kappa shape index (κ2) is 5.57. The number of pyridine rings is 1. The van der Waals surface area contributed by atoms with Crippen LogP contribution < -0.4 is 4.74 Å². The maximum Gasteiger partial charge on any atom is 0.118 e. The van der Waals surface area contributed by atoms with Crippen molar-refractivity contribution in [3.8, 4) is 28.1 Å². The van der Waals surface area contributed by atoms with Gasteiger partial charge in [-0.15, -0.1) is 0 Å². The van der Waals surface area contributed by atoms with Crippen molar-refractivity contribution in [1.29, 1.82) is 0 Å². The van der Waals surface area contributed by atoms with Crippen LogP contribution in [0.15, 0.2) is 72.9 Å². The van der Waals surface area contributed by atoms with E-state index in [4.69, 9.17) is 4.74 Å². The van der Waals surface area contributed by atoms with Crippen molar-refractivity contribution >= 4 is 0 Å². The molecule has 0 fully saturated rings. The number of aromatic nitrogens is 1. The zero-order valence-electron chi connectivity index (χ0n) is 11.3. The molecule has 0 saturated heterocycles. The predicted molar refractivity (Wildman–Crippen MR) is 81.7 cm³/mol. The van der Waals surface area contributed by atoms with Gasteiger partial charge < -0.3 is 4.74 Å². The molecule has 0 unspecified atom stereocenters. The van der Waals surface area contributed by atoms with Crippen LogP contribution in [0.25, 0.3) is 22.4 Å². The number of hydrogen-bond donors (Lipinski definition) is 0. The topological polar surface area (TPSA) is 22.1 Å². The van der Waals surface area contributed by atoms with E-state index in [9.17, 15) is 0 Å². The van der Waals surface area contributed by atoms with Gasteiger partial charge in [-0.2, -0.15) is 0 Å². The number of ether oxygens (including phenoxy) is 1. The van der Waals surface area contributed by atoms with Crippen LogP contribution in [0.4, 0.5) is 0 Å². The summed E-state index contributed by atoms with van der Waals surface area (Å²) in [6.45, 7) is 0. The van der Waals surface area contributed by atoms with Crippen LogP contribution >= 0.6 is 0 Å². The lowest BCUT2D eigenvalue weighted by Crippen LogP contribution is -1.89. The average Bonchev–Trinajstić information content (AvgIpc) is 2.56. The van der Waals surface area contributed by atoms with Gasteiger partial charge in [0.2, 0.25) is 0 Å². The zero-order chi connectivity index (χ0) is 13.8. The number of methoxy groups -OCH3 is 1.